The van der Waals surface area contributed by atoms with E-state index < -0.39 is 0 Å². The number of rotatable bonds is 1. The van der Waals surface area contributed by atoms with E-state index in [-0.39, 0.29) is 12.3 Å². The first-order valence-corrected chi connectivity index (χ1v) is 5.50. The van der Waals surface area contributed by atoms with Crippen molar-refractivity contribution in [1.29, 1.82) is 0 Å². The third kappa shape index (κ3) is 1.51. The summed E-state index contributed by atoms with van der Waals surface area (Å²) in [5.74, 6) is 0.804. The summed E-state index contributed by atoms with van der Waals surface area (Å²) < 4.78 is 6.82. The molecule has 1 aliphatic rings. The topological polar surface area (TPSA) is 56.5 Å². The molecule has 1 aromatic carbocycles. The minimum Gasteiger partial charge on any atom is -0.481 e. The Hall–Kier alpha value is -2.17. The maximum atomic E-state index is 12.0. The average molecular weight is 229 g/mol. The lowest BCUT2D eigenvalue weighted by Gasteiger charge is -2.13. The lowest BCUT2D eigenvalue weighted by atomic mass is 10.3. The third-order valence-electron chi connectivity index (χ3n) is 2.63. The molecule has 0 radical (unpaired) electrons. The maximum absolute atomic E-state index is 12.0. The second-order valence-electron chi connectivity index (χ2n) is 3.74. The Bertz CT molecular complexity index is 628. The van der Waals surface area contributed by atoms with Gasteiger partial charge in [-0.2, -0.15) is 4.99 Å². The van der Waals surface area contributed by atoms with E-state index in [0.29, 0.717) is 18.5 Å². The highest BCUT2D eigenvalue weighted by Crippen LogP contribution is 2.25. The minimum absolute atomic E-state index is 0.0489. The van der Waals surface area contributed by atoms with Gasteiger partial charge in [-0.25, -0.2) is 9.55 Å². The standard InChI is InChI=1S/C12H11N3O2/c1-2-17-10-7-11(16)15-9-6-4-3-5-8(9)13-12(15)14-10/h3-6H,2,7H2,1H3. The van der Waals surface area contributed by atoms with Gasteiger partial charge in [-0.3, -0.25) is 4.79 Å². The molecule has 1 aliphatic heterocycles. The Morgan fingerprint density at radius 2 is 2.24 bits per heavy atom. The molecule has 5 heteroatoms. The molecular formula is C12H11N3O2. The summed E-state index contributed by atoms with van der Waals surface area (Å²) in [6.07, 6.45) is 0.196. The van der Waals surface area contributed by atoms with Crippen molar-refractivity contribution in [2.75, 3.05) is 6.61 Å². The van der Waals surface area contributed by atoms with Gasteiger partial charge >= 0.3 is 0 Å². The van der Waals surface area contributed by atoms with Crippen molar-refractivity contribution < 1.29 is 9.53 Å². The van der Waals surface area contributed by atoms with Gasteiger partial charge in [0.25, 0.3) is 0 Å². The van der Waals surface area contributed by atoms with E-state index in [4.69, 9.17) is 4.74 Å². The molecule has 0 atom stereocenters. The predicted molar refractivity (Wildman–Crippen MR) is 63.7 cm³/mol. The second-order valence-corrected chi connectivity index (χ2v) is 3.74. The summed E-state index contributed by atoms with van der Waals surface area (Å²) in [4.78, 5) is 20.6. The molecule has 0 fully saturated rings. The highest BCUT2D eigenvalue weighted by Gasteiger charge is 2.23. The molecule has 0 spiro atoms. The third-order valence-corrected chi connectivity index (χ3v) is 2.63. The van der Waals surface area contributed by atoms with Crippen molar-refractivity contribution in [3.8, 4) is 0 Å². The normalized spacial score (nSPS) is 14.6. The quantitative estimate of drug-likeness (QED) is 0.752. The fraction of sp³-hybridized carbons (Fsp3) is 0.250. The molecular weight excluding hydrogens is 218 g/mol. The van der Waals surface area contributed by atoms with Gasteiger partial charge in [-0.1, -0.05) is 12.1 Å². The first kappa shape index (κ1) is 10.0. The van der Waals surface area contributed by atoms with Gasteiger partial charge in [-0.05, 0) is 19.1 Å². The van der Waals surface area contributed by atoms with Gasteiger partial charge in [0.2, 0.25) is 17.8 Å². The number of fused-ring (bicyclic) bond motifs is 3. The zero-order valence-electron chi connectivity index (χ0n) is 9.38. The lowest BCUT2D eigenvalue weighted by Crippen LogP contribution is -2.21. The van der Waals surface area contributed by atoms with Crippen LogP contribution < -0.4 is 0 Å². The van der Waals surface area contributed by atoms with Crippen molar-refractivity contribution in [3.05, 3.63) is 24.3 Å². The number of aromatic nitrogens is 2. The van der Waals surface area contributed by atoms with Gasteiger partial charge in [0.1, 0.15) is 6.42 Å². The van der Waals surface area contributed by atoms with E-state index in [1.807, 2.05) is 31.2 Å². The summed E-state index contributed by atoms with van der Waals surface area (Å²) in [5, 5.41) is 0. The maximum Gasteiger partial charge on any atom is 0.243 e. The highest BCUT2D eigenvalue weighted by atomic mass is 16.5. The van der Waals surface area contributed by atoms with E-state index in [2.05, 4.69) is 9.98 Å². The molecule has 0 bridgehead atoms. The Morgan fingerprint density at radius 1 is 1.41 bits per heavy atom. The van der Waals surface area contributed by atoms with Gasteiger partial charge < -0.3 is 4.74 Å². The van der Waals surface area contributed by atoms with Crippen LogP contribution >= 0.6 is 0 Å². The number of ether oxygens (including phenoxy) is 1. The Morgan fingerprint density at radius 3 is 3.06 bits per heavy atom. The molecule has 0 saturated heterocycles. The van der Waals surface area contributed by atoms with Crippen LogP contribution in [0.1, 0.15) is 18.1 Å². The van der Waals surface area contributed by atoms with Crippen LogP contribution in [-0.2, 0) is 4.74 Å². The molecule has 86 valence electrons. The van der Waals surface area contributed by atoms with Gasteiger partial charge in [0.15, 0.2) is 0 Å². The molecule has 0 amide bonds. The number of carbonyl (C=O) groups is 1. The molecule has 5 nitrogen and oxygen atoms in total. The van der Waals surface area contributed by atoms with Crippen LogP contribution in [0.15, 0.2) is 29.3 Å². The molecule has 1 aromatic heterocycles. The molecule has 2 aromatic rings. The van der Waals surface area contributed by atoms with Crippen LogP contribution in [0.4, 0.5) is 5.95 Å². The summed E-state index contributed by atoms with van der Waals surface area (Å²) in [6, 6.07) is 7.50. The fourth-order valence-corrected chi connectivity index (χ4v) is 1.94. The van der Waals surface area contributed by atoms with Gasteiger partial charge in [0.05, 0.1) is 17.6 Å². The minimum atomic E-state index is -0.0489. The number of benzene rings is 1. The number of imidazole rings is 1. The van der Waals surface area contributed by atoms with Crippen LogP contribution in [0.3, 0.4) is 0 Å². The Balaban J connectivity index is 2.21. The zero-order valence-corrected chi connectivity index (χ0v) is 9.38. The fourth-order valence-electron chi connectivity index (χ4n) is 1.94. The number of hydrogen-bond donors (Lipinski definition) is 0. The summed E-state index contributed by atoms with van der Waals surface area (Å²) in [5.41, 5.74) is 1.57. The number of hydrogen-bond acceptors (Lipinski definition) is 4. The average Bonchev–Trinajstić information content (AvgIpc) is 2.67. The van der Waals surface area contributed by atoms with Gasteiger partial charge in [-0.15, -0.1) is 0 Å². The van der Waals surface area contributed by atoms with Crippen LogP contribution in [0, 0.1) is 0 Å². The number of aliphatic imine (C=N–C) groups is 1. The number of carbonyl (C=O) groups excluding carboxylic acids is 1. The molecule has 0 aliphatic carbocycles. The number of nitrogens with zero attached hydrogens (tertiary/aromatic N) is 3. The van der Waals surface area contributed by atoms with Gasteiger partial charge in [0, 0.05) is 0 Å². The smallest absolute Gasteiger partial charge is 0.243 e. The van der Waals surface area contributed by atoms with Crippen LogP contribution in [0.25, 0.3) is 11.0 Å². The predicted octanol–water partition coefficient (Wildman–Crippen LogP) is 2.15. The summed E-state index contributed by atoms with van der Waals surface area (Å²) >= 11 is 0. The SMILES string of the molecule is CCOC1=Nc2nc3ccccc3n2C(=O)C1. The van der Waals surface area contributed by atoms with Crippen molar-refractivity contribution in [2.24, 2.45) is 4.99 Å². The molecule has 3 rings (SSSR count). The molecule has 0 saturated carbocycles. The van der Waals surface area contributed by atoms with Crippen LogP contribution in [-0.4, -0.2) is 28.0 Å². The molecule has 17 heavy (non-hydrogen) atoms. The van der Waals surface area contributed by atoms with Crippen molar-refractivity contribution in [3.63, 3.8) is 0 Å². The molecule has 0 unspecified atom stereocenters. The molecule has 0 N–H and O–H groups in total. The van der Waals surface area contributed by atoms with Crippen LogP contribution in [0.5, 0.6) is 0 Å². The number of para-hydroxylation sites is 2. The monoisotopic (exact) mass is 229 g/mol. The van der Waals surface area contributed by atoms with E-state index in [0.717, 1.165) is 11.0 Å². The second kappa shape index (κ2) is 3.69. The highest BCUT2D eigenvalue weighted by molar-refractivity contribution is 6.06. The lowest BCUT2D eigenvalue weighted by molar-refractivity contribution is 0.0917. The van der Waals surface area contributed by atoms with Crippen molar-refractivity contribution >= 4 is 28.8 Å². The Labute approximate surface area is 97.7 Å². The van der Waals surface area contributed by atoms with Crippen LogP contribution in [0.2, 0.25) is 0 Å². The van der Waals surface area contributed by atoms with Crippen molar-refractivity contribution in [1.82, 2.24) is 9.55 Å². The summed E-state index contributed by atoms with van der Waals surface area (Å²) in [6.45, 7) is 2.37. The van der Waals surface area contributed by atoms with E-state index >= 15 is 0 Å². The zero-order chi connectivity index (χ0) is 11.8. The molecule has 2 heterocycles. The first-order valence-electron chi connectivity index (χ1n) is 5.50. The van der Waals surface area contributed by atoms with Crippen molar-refractivity contribution in [2.45, 2.75) is 13.3 Å². The first-order chi connectivity index (χ1) is 8.29. The Kier molecular flexibility index (Phi) is 2.18. The largest absolute Gasteiger partial charge is 0.481 e. The van der Waals surface area contributed by atoms with E-state index in [1.54, 1.807) is 0 Å². The van der Waals surface area contributed by atoms with E-state index in [9.17, 15) is 4.79 Å². The van der Waals surface area contributed by atoms with E-state index in [1.165, 1.54) is 4.57 Å². The summed E-state index contributed by atoms with van der Waals surface area (Å²) in [7, 11) is 0.